The average molecular weight is 104 g/mol. The molecule has 0 heterocycles. The fourth-order valence-electron chi connectivity index (χ4n) is 0.267. The van der Waals surface area contributed by atoms with Crippen LogP contribution in [0.2, 0.25) is 0 Å². The molecule has 0 aromatic rings. The Morgan fingerprint density at radius 2 is 2.17 bits per heavy atom. The molecule has 1 aliphatic rings. The summed E-state index contributed by atoms with van der Waals surface area (Å²) in [6.07, 6.45) is 2.38. The molecule has 1 rings (SSSR count). The predicted molar refractivity (Wildman–Crippen MR) is 27.9 cm³/mol. The van der Waals surface area contributed by atoms with Gasteiger partial charge in [0.1, 0.15) is 0 Å². The summed E-state index contributed by atoms with van der Waals surface area (Å²) in [6.45, 7) is 2.07. The molecule has 0 unspecified atom stereocenters. The van der Waals surface area contributed by atoms with Crippen molar-refractivity contribution in [1.29, 1.82) is 0 Å². The Bertz CT molecular complexity index is 58.6. The highest BCUT2D eigenvalue weighted by molar-refractivity contribution is 7.95. The van der Waals surface area contributed by atoms with Gasteiger partial charge in [-0.25, -0.2) is 0 Å². The molecule has 0 spiro atoms. The van der Waals surface area contributed by atoms with E-state index in [4.69, 9.17) is 4.55 Å². The first-order chi connectivity index (χ1) is 2.77. The zero-order valence-corrected chi connectivity index (χ0v) is 4.59. The Labute approximate surface area is 42.0 Å². The molecule has 0 aromatic carbocycles. The molecule has 1 N–H and O–H groups in total. The van der Waals surface area contributed by atoms with E-state index < -0.39 is 0 Å². The van der Waals surface area contributed by atoms with Crippen molar-refractivity contribution < 1.29 is 4.55 Å². The van der Waals surface area contributed by atoms with Gasteiger partial charge < -0.3 is 4.55 Å². The lowest BCUT2D eigenvalue weighted by Crippen LogP contribution is -1.88. The molecule has 2 heteroatoms. The molecule has 6 heavy (non-hydrogen) atoms. The Morgan fingerprint density at radius 3 is 2.17 bits per heavy atom. The Hall–Kier alpha value is 0.310. The van der Waals surface area contributed by atoms with Crippen molar-refractivity contribution in [3.8, 4) is 0 Å². The van der Waals surface area contributed by atoms with Crippen molar-refractivity contribution in [3.63, 3.8) is 0 Å². The minimum atomic E-state index is 0.264. The average Bonchev–Trinajstić information content (AvgIpc) is 2.22. The smallest absolute Gasteiger partial charge is 0.0393 e. The summed E-state index contributed by atoms with van der Waals surface area (Å²) >= 11 is 0.993. The fourth-order valence-corrected chi connectivity index (χ4v) is 0.552. The molecule has 0 aromatic heterocycles. The number of hydrogen-bond acceptors (Lipinski definition) is 2. The molecule has 1 saturated carbocycles. The van der Waals surface area contributed by atoms with Gasteiger partial charge >= 0.3 is 0 Å². The Balaban J connectivity index is 2.28. The van der Waals surface area contributed by atoms with Gasteiger partial charge in [0.15, 0.2) is 0 Å². The topological polar surface area (TPSA) is 20.2 Å². The quantitative estimate of drug-likeness (QED) is 0.511. The largest absolute Gasteiger partial charge is 0.329 e. The predicted octanol–water partition coefficient (Wildman–Crippen LogP) is 1.75. The van der Waals surface area contributed by atoms with E-state index in [0.717, 1.165) is 12.0 Å². The molecule has 0 amide bonds. The van der Waals surface area contributed by atoms with Gasteiger partial charge in [0.05, 0.1) is 0 Å². The first kappa shape index (κ1) is 4.47. The van der Waals surface area contributed by atoms with Crippen LogP contribution in [-0.4, -0.2) is 9.30 Å². The maximum atomic E-state index is 8.38. The van der Waals surface area contributed by atoms with Crippen LogP contribution in [-0.2, 0) is 0 Å². The summed E-state index contributed by atoms with van der Waals surface area (Å²) in [5.41, 5.74) is 0. The monoisotopic (exact) mass is 104 g/mol. The van der Waals surface area contributed by atoms with Crippen LogP contribution >= 0.6 is 12.0 Å². The summed E-state index contributed by atoms with van der Waals surface area (Å²) in [7, 11) is 0. The van der Waals surface area contributed by atoms with Crippen LogP contribution in [0.25, 0.3) is 0 Å². The highest BCUT2D eigenvalue weighted by Gasteiger charge is 2.37. The molecule has 36 valence electrons. The van der Waals surface area contributed by atoms with Gasteiger partial charge in [0, 0.05) is 4.75 Å². The second kappa shape index (κ2) is 1.14. The van der Waals surface area contributed by atoms with Gasteiger partial charge in [-0.3, -0.25) is 0 Å². The SMILES string of the molecule is CC1(SO)CC1. The molecule has 0 aliphatic heterocycles. The molecular weight excluding hydrogens is 96.1 g/mol. The van der Waals surface area contributed by atoms with E-state index in [1.165, 1.54) is 12.8 Å². The van der Waals surface area contributed by atoms with Gasteiger partial charge in [-0.1, -0.05) is 0 Å². The van der Waals surface area contributed by atoms with E-state index in [1.807, 2.05) is 0 Å². The zero-order chi connectivity index (χ0) is 4.62. The van der Waals surface area contributed by atoms with Gasteiger partial charge in [0.2, 0.25) is 0 Å². The lowest BCUT2D eigenvalue weighted by atomic mass is 10.5. The zero-order valence-electron chi connectivity index (χ0n) is 3.77. The highest BCUT2D eigenvalue weighted by Crippen LogP contribution is 2.45. The number of hydrogen-bond donors (Lipinski definition) is 1. The van der Waals surface area contributed by atoms with Gasteiger partial charge in [-0.15, -0.1) is 0 Å². The van der Waals surface area contributed by atoms with E-state index in [9.17, 15) is 0 Å². The van der Waals surface area contributed by atoms with Crippen LogP contribution in [0.1, 0.15) is 19.8 Å². The van der Waals surface area contributed by atoms with E-state index in [0.29, 0.717) is 0 Å². The van der Waals surface area contributed by atoms with E-state index in [-0.39, 0.29) is 4.75 Å². The van der Waals surface area contributed by atoms with E-state index >= 15 is 0 Å². The molecule has 0 bridgehead atoms. The fraction of sp³-hybridized carbons (Fsp3) is 1.00. The molecule has 0 radical (unpaired) electrons. The summed E-state index contributed by atoms with van der Waals surface area (Å²) in [6, 6.07) is 0. The van der Waals surface area contributed by atoms with Crippen molar-refractivity contribution >= 4 is 12.0 Å². The number of rotatable bonds is 1. The standard InChI is InChI=1S/C4H8OS/c1-4(6-5)2-3-4/h5H,2-3H2,1H3. The van der Waals surface area contributed by atoms with E-state index in [1.54, 1.807) is 0 Å². The maximum Gasteiger partial charge on any atom is 0.0393 e. The van der Waals surface area contributed by atoms with Crippen LogP contribution < -0.4 is 0 Å². The second-order valence-corrected chi connectivity index (χ2v) is 3.21. The molecule has 1 fully saturated rings. The molecular formula is C4H8OS. The minimum Gasteiger partial charge on any atom is -0.329 e. The minimum absolute atomic E-state index is 0.264. The van der Waals surface area contributed by atoms with Crippen molar-refractivity contribution in [3.05, 3.63) is 0 Å². The maximum absolute atomic E-state index is 8.38. The third-order valence-electron chi connectivity index (χ3n) is 1.17. The Morgan fingerprint density at radius 1 is 1.67 bits per heavy atom. The van der Waals surface area contributed by atoms with Crippen molar-refractivity contribution in [2.75, 3.05) is 0 Å². The van der Waals surface area contributed by atoms with Crippen LogP contribution in [0.15, 0.2) is 0 Å². The second-order valence-electron chi connectivity index (χ2n) is 2.04. The van der Waals surface area contributed by atoms with Crippen molar-refractivity contribution in [1.82, 2.24) is 0 Å². The highest BCUT2D eigenvalue weighted by atomic mass is 32.2. The van der Waals surface area contributed by atoms with Gasteiger partial charge in [-0.2, -0.15) is 0 Å². The first-order valence-electron chi connectivity index (χ1n) is 2.09. The third kappa shape index (κ3) is 0.684. The first-order valence-corrected chi connectivity index (χ1v) is 2.87. The summed E-state index contributed by atoms with van der Waals surface area (Å²) < 4.78 is 8.65. The molecule has 0 atom stereocenters. The van der Waals surface area contributed by atoms with Crippen LogP contribution in [0.4, 0.5) is 0 Å². The Kier molecular flexibility index (Phi) is 0.848. The normalized spacial score (nSPS) is 27.0. The van der Waals surface area contributed by atoms with Crippen molar-refractivity contribution in [2.24, 2.45) is 0 Å². The molecule has 1 nitrogen and oxygen atoms in total. The lowest BCUT2D eigenvalue weighted by Gasteiger charge is -1.94. The van der Waals surface area contributed by atoms with Crippen LogP contribution in [0.3, 0.4) is 0 Å². The summed E-state index contributed by atoms with van der Waals surface area (Å²) in [5, 5.41) is 0. The van der Waals surface area contributed by atoms with Gasteiger partial charge in [0.25, 0.3) is 0 Å². The van der Waals surface area contributed by atoms with Crippen LogP contribution in [0.5, 0.6) is 0 Å². The lowest BCUT2D eigenvalue weighted by molar-refractivity contribution is 0.650. The van der Waals surface area contributed by atoms with Crippen LogP contribution in [0, 0.1) is 0 Å². The third-order valence-corrected chi connectivity index (χ3v) is 2.02. The summed E-state index contributed by atoms with van der Waals surface area (Å²) in [4.78, 5) is 0. The molecule has 1 aliphatic carbocycles. The van der Waals surface area contributed by atoms with E-state index in [2.05, 4.69) is 6.92 Å². The van der Waals surface area contributed by atoms with Crippen molar-refractivity contribution in [2.45, 2.75) is 24.5 Å². The van der Waals surface area contributed by atoms with Gasteiger partial charge in [-0.05, 0) is 31.8 Å². The summed E-state index contributed by atoms with van der Waals surface area (Å²) in [5.74, 6) is 0. The molecule has 0 saturated heterocycles.